The van der Waals surface area contributed by atoms with E-state index in [0.717, 1.165) is 22.0 Å². The Morgan fingerprint density at radius 3 is 2.80 bits per heavy atom. The molecular formula is C20H17N3O2. The van der Waals surface area contributed by atoms with Crippen LogP contribution in [0.5, 0.6) is 0 Å². The van der Waals surface area contributed by atoms with Crippen LogP contribution >= 0.6 is 0 Å². The zero-order valence-corrected chi connectivity index (χ0v) is 14.1. The topological polar surface area (TPSA) is 59.2 Å². The molecule has 5 nitrogen and oxygen atoms in total. The van der Waals surface area contributed by atoms with Gasteiger partial charge in [-0.15, -0.1) is 0 Å². The van der Waals surface area contributed by atoms with Crippen molar-refractivity contribution >= 4 is 27.8 Å². The van der Waals surface area contributed by atoms with Gasteiger partial charge in [0.2, 0.25) is 0 Å². The van der Waals surface area contributed by atoms with Crippen LogP contribution in [0.15, 0.2) is 59.3 Å². The Morgan fingerprint density at radius 2 is 1.92 bits per heavy atom. The first-order chi connectivity index (χ1) is 12.1. The highest BCUT2D eigenvalue weighted by atomic mass is 16.5. The molecule has 0 N–H and O–H groups in total. The normalized spacial score (nSPS) is 11.1. The Morgan fingerprint density at radius 1 is 1.12 bits per heavy atom. The Balaban J connectivity index is 1.64. The number of amides is 1. The second kappa shape index (κ2) is 6.02. The van der Waals surface area contributed by atoms with Gasteiger partial charge in [0.15, 0.2) is 0 Å². The van der Waals surface area contributed by atoms with Gasteiger partial charge in [-0.2, -0.15) is 0 Å². The first kappa shape index (κ1) is 15.3. The van der Waals surface area contributed by atoms with Crippen LogP contribution < -0.4 is 0 Å². The number of carbonyl (C=O) groups excluding carboxylic acids is 1. The fraction of sp³-hybridized carbons (Fsp3) is 0.150. The quantitative estimate of drug-likeness (QED) is 0.570. The first-order valence-electron chi connectivity index (χ1n) is 8.07. The minimum absolute atomic E-state index is 0.0806. The van der Waals surface area contributed by atoms with Crippen molar-refractivity contribution in [3.63, 3.8) is 0 Å². The zero-order chi connectivity index (χ0) is 17.4. The number of rotatable bonds is 3. The summed E-state index contributed by atoms with van der Waals surface area (Å²) in [6.07, 6.45) is 1.54. The van der Waals surface area contributed by atoms with Crippen LogP contribution in [0, 0.1) is 6.92 Å². The molecule has 0 aliphatic carbocycles. The van der Waals surface area contributed by atoms with Crippen molar-refractivity contribution in [2.75, 3.05) is 7.05 Å². The van der Waals surface area contributed by atoms with Crippen LogP contribution in [0.1, 0.15) is 21.6 Å². The molecule has 0 radical (unpaired) electrons. The fourth-order valence-electron chi connectivity index (χ4n) is 3.04. The third-order valence-electron chi connectivity index (χ3n) is 4.39. The van der Waals surface area contributed by atoms with E-state index in [0.29, 0.717) is 17.8 Å². The molecule has 0 fully saturated rings. The number of aromatic nitrogens is 2. The summed E-state index contributed by atoms with van der Waals surface area (Å²) in [5.41, 5.74) is 2.82. The molecule has 4 rings (SSSR count). The highest BCUT2D eigenvalue weighted by molar-refractivity contribution is 5.97. The molecule has 0 saturated carbocycles. The van der Waals surface area contributed by atoms with Gasteiger partial charge < -0.3 is 9.42 Å². The predicted octanol–water partition coefficient (Wildman–Crippen LogP) is 3.96. The van der Waals surface area contributed by atoms with Crippen LogP contribution in [-0.4, -0.2) is 28.0 Å². The number of aryl methyl sites for hydroxylation is 1. The highest BCUT2D eigenvalue weighted by Gasteiger charge is 2.16. The second-order valence-corrected chi connectivity index (χ2v) is 6.14. The van der Waals surface area contributed by atoms with Crippen LogP contribution in [0.25, 0.3) is 21.9 Å². The van der Waals surface area contributed by atoms with Crippen LogP contribution in [0.4, 0.5) is 0 Å². The second-order valence-electron chi connectivity index (χ2n) is 6.14. The lowest BCUT2D eigenvalue weighted by Gasteiger charge is -2.18. The van der Waals surface area contributed by atoms with Crippen molar-refractivity contribution in [2.24, 2.45) is 0 Å². The lowest BCUT2D eigenvalue weighted by molar-refractivity contribution is 0.0785. The van der Waals surface area contributed by atoms with Crippen LogP contribution in [-0.2, 0) is 6.54 Å². The van der Waals surface area contributed by atoms with Crippen molar-refractivity contribution < 1.29 is 9.32 Å². The summed E-state index contributed by atoms with van der Waals surface area (Å²) in [6, 6.07) is 16.1. The Hall–Kier alpha value is -3.21. The van der Waals surface area contributed by atoms with E-state index in [-0.39, 0.29) is 5.91 Å². The third kappa shape index (κ3) is 2.74. The summed E-state index contributed by atoms with van der Waals surface area (Å²) >= 11 is 0. The number of hydrogen-bond acceptors (Lipinski definition) is 4. The van der Waals surface area contributed by atoms with E-state index < -0.39 is 0 Å². The van der Waals surface area contributed by atoms with E-state index in [1.807, 2.05) is 25.1 Å². The molecule has 0 aliphatic rings. The Labute approximate surface area is 144 Å². The van der Waals surface area contributed by atoms with Gasteiger partial charge in [0.05, 0.1) is 16.6 Å². The van der Waals surface area contributed by atoms with Crippen molar-refractivity contribution in [2.45, 2.75) is 13.5 Å². The molecule has 0 atom stereocenters. The molecule has 25 heavy (non-hydrogen) atoms. The van der Waals surface area contributed by atoms with Gasteiger partial charge in [0.25, 0.3) is 11.6 Å². The maximum Gasteiger partial charge on any atom is 0.257 e. The van der Waals surface area contributed by atoms with Crippen LogP contribution in [0.2, 0.25) is 0 Å². The van der Waals surface area contributed by atoms with Gasteiger partial charge >= 0.3 is 0 Å². The van der Waals surface area contributed by atoms with Gasteiger partial charge in [-0.1, -0.05) is 47.6 Å². The van der Waals surface area contributed by atoms with Gasteiger partial charge in [0, 0.05) is 19.8 Å². The molecule has 0 saturated heterocycles. The van der Waals surface area contributed by atoms with Gasteiger partial charge in [-0.05, 0) is 29.3 Å². The van der Waals surface area contributed by atoms with E-state index in [9.17, 15) is 4.79 Å². The lowest BCUT2D eigenvalue weighted by Crippen LogP contribution is -2.26. The molecule has 0 unspecified atom stereocenters. The largest absolute Gasteiger partial charge is 0.337 e. The number of carbonyl (C=O) groups is 1. The van der Waals surface area contributed by atoms with Crippen molar-refractivity contribution in [3.05, 3.63) is 71.5 Å². The maximum atomic E-state index is 12.8. The van der Waals surface area contributed by atoms with E-state index in [2.05, 4.69) is 34.4 Å². The molecule has 1 amide bonds. The number of fused-ring (bicyclic) bond motifs is 2. The Kier molecular flexibility index (Phi) is 3.69. The maximum absolute atomic E-state index is 12.8. The molecule has 5 heteroatoms. The fourth-order valence-corrected chi connectivity index (χ4v) is 3.04. The molecule has 2 heterocycles. The average Bonchev–Trinajstić information content (AvgIpc) is 3.02. The SMILES string of the molecule is Cc1noc2ncc(C(=O)N(C)Cc3cccc4ccccc34)cc12. The van der Waals surface area contributed by atoms with Gasteiger partial charge in [-0.3, -0.25) is 4.79 Å². The van der Waals surface area contributed by atoms with Crippen molar-refractivity contribution in [1.29, 1.82) is 0 Å². The number of benzene rings is 2. The molecule has 2 aromatic carbocycles. The monoisotopic (exact) mass is 331 g/mol. The summed E-state index contributed by atoms with van der Waals surface area (Å²) in [5.74, 6) is -0.0806. The molecule has 0 spiro atoms. The first-order valence-corrected chi connectivity index (χ1v) is 8.07. The third-order valence-corrected chi connectivity index (χ3v) is 4.39. The standard InChI is InChI=1S/C20H17N3O2/c1-13-18-10-16(11-21-19(18)25-22-13)20(24)23(2)12-15-8-5-7-14-6-3-4-9-17(14)15/h3-11H,12H2,1-2H3. The molecular weight excluding hydrogens is 314 g/mol. The smallest absolute Gasteiger partial charge is 0.257 e. The number of pyridine rings is 1. The number of hydrogen-bond donors (Lipinski definition) is 0. The Bertz CT molecular complexity index is 1080. The predicted molar refractivity (Wildman–Crippen MR) is 96.3 cm³/mol. The molecule has 0 bridgehead atoms. The molecule has 124 valence electrons. The van der Waals surface area contributed by atoms with E-state index in [4.69, 9.17) is 4.52 Å². The van der Waals surface area contributed by atoms with Crippen molar-refractivity contribution in [3.8, 4) is 0 Å². The minimum atomic E-state index is -0.0806. The summed E-state index contributed by atoms with van der Waals surface area (Å²) in [6.45, 7) is 2.36. The lowest BCUT2D eigenvalue weighted by atomic mass is 10.0. The van der Waals surface area contributed by atoms with E-state index >= 15 is 0 Å². The molecule has 0 aliphatic heterocycles. The van der Waals surface area contributed by atoms with Crippen LogP contribution in [0.3, 0.4) is 0 Å². The summed E-state index contributed by atoms with van der Waals surface area (Å²) in [4.78, 5) is 18.7. The van der Waals surface area contributed by atoms with Crippen molar-refractivity contribution in [1.82, 2.24) is 15.0 Å². The molecule has 4 aromatic rings. The van der Waals surface area contributed by atoms with Gasteiger partial charge in [0.1, 0.15) is 0 Å². The van der Waals surface area contributed by atoms with E-state index in [1.54, 1.807) is 18.0 Å². The number of nitrogens with zero attached hydrogens (tertiary/aromatic N) is 3. The minimum Gasteiger partial charge on any atom is -0.337 e. The molecule has 2 aromatic heterocycles. The summed E-state index contributed by atoms with van der Waals surface area (Å²) in [5, 5.41) is 6.98. The van der Waals surface area contributed by atoms with Gasteiger partial charge in [-0.25, -0.2) is 4.98 Å². The van der Waals surface area contributed by atoms with E-state index in [1.165, 1.54) is 11.6 Å². The zero-order valence-electron chi connectivity index (χ0n) is 14.1. The summed E-state index contributed by atoms with van der Waals surface area (Å²) < 4.78 is 5.10. The summed E-state index contributed by atoms with van der Waals surface area (Å²) in [7, 11) is 1.80. The highest BCUT2D eigenvalue weighted by Crippen LogP contribution is 2.21. The average molecular weight is 331 g/mol.